The highest BCUT2D eigenvalue weighted by molar-refractivity contribution is 6.03. The first-order chi connectivity index (χ1) is 10.1. The van der Waals surface area contributed by atoms with Gasteiger partial charge in [-0.2, -0.15) is 0 Å². The normalized spacial score (nSPS) is 12.1. The molecule has 2 aromatic carbocycles. The zero-order valence-electron chi connectivity index (χ0n) is 12.9. The lowest BCUT2D eigenvalue weighted by atomic mass is 9.99. The van der Waals surface area contributed by atoms with Gasteiger partial charge in [-0.25, -0.2) is 0 Å². The fourth-order valence-corrected chi connectivity index (χ4v) is 2.49. The van der Waals surface area contributed by atoms with E-state index in [0.29, 0.717) is 28.6 Å². The highest BCUT2D eigenvalue weighted by atomic mass is 16.5. The molecule has 21 heavy (non-hydrogen) atoms. The first-order valence-corrected chi connectivity index (χ1v) is 6.56. The maximum atomic E-state index is 10.00. The lowest BCUT2D eigenvalue weighted by molar-refractivity contribution is 0.194. The zero-order chi connectivity index (χ0) is 15.6. The molecule has 2 rings (SSSR count). The van der Waals surface area contributed by atoms with E-state index in [4.69, 9.17) is 18.9 Å². The third-order valence-electron chi connectivity index (χ3n) is 3.47. The molecule has 0 aliphatic carbocycles. The van der Waals surface area contributed by atoms with E-state index in [9.17, 15) is 5.11 Å². The van der Waals surface area contributed by atoms with E-state index in [1.54, 1.807) is 47.5 Å². The Labute approximate surface area is 124 Å². The van der Waals surface area contributed by atoms with Crippen LogP contribution in [0.4, 0.5) is 0 Å². The maximum Gasteiger partial charge on any atom is 0.136 e. The van der Waals surface area contributed by atoms with Crippen LogP contribution in [-0.4, -0.2) is 33.5 Å². The fourth-order valence-electron chi connectivity index (χ4n) is 2.49. The standard InChI is InChI=1S/C16H20O5/c1-9(17)10-8-13(20-4)14-11(18-2)6-7-12(19-3)15(14)16(10)21-5/h6-9,17H,1-5H3. The first-order valence-electron chi connectivity index (χ1n) is 6.56. The molecule has 0 bridgehead atoms. The summed E-state index contributed by atoms with van der Waals surface area (Å²) in [4.78, 5) is 0. The van der Waals surface area contributed by atoms with Gasteiger partial charge in [0.1, 0.15) is 23.0 Å². The molecule has 0 saturated carbocycles. The van der Waals surface area contributed by atoms with E-state index in [1.807, 2.05) is 6.07 Å². The van der Waals surface area contributed by atoms with Crippen LogP contribution >= 0.6 is 0 Å². The predicted octanol–water partition coefficient (Wildman–Crippen LogP) is 2.93. The highest BCUT2D eigenvalue weighted by Gasteiger charge is 2.22. The van der Waals surface area contributed by atoms with E-state index in [0.717, 1.165) is 10.8 Å². The van der Waals surface area contributed by atoms with Crippen LogP contribution < -0.4 is 18.9 Å². The number of fused-ring (bicyclic) bond motifs is 1. The quantitative estimate of drug-likeness (QED) is 0.918. The molecule has 1 unspecified atom stereocenters. The van der Waals surface area contributed by atoms with Gasteiger partial charge in [-0.1, -0.05) is 0 Å². The molecule has 0 aliphatic heterocycles. The minimum absolute atomic E-state index is 0.552. The fraction of sp³-hybridized carbons (Fsp3) is 0.375. The summed E-state index contributed by atoms with van der Waals surface area (Å²) in [6, 6.07) is 5.37. The number of hydrogen-bond donors (Lipinski definition) is 1. The average molecular weight is 292 g/mol. The Bertz CT molecular complexity index is 649. The van der Waals surface area contributed by atoms with Gasteiger partial charge in [0.15, 0.2) is 0 Å². The second-order valence-corrected chi connectivity index (χ2v) is 4.60. The van der Waals surface area contributed by atoms with Gasteiger partial charge in [0.2, 0.25) is 0 Å². The van der Waals surface area contributed by atoms with Crippen molar-refractivity contribution >= 4 is 10.8 Å². The Kier molecular flexibility index (Phi) is 4.43. The average Bonchev–Trinajstić information content (AvgIpc) is 2.51. The number of hydrogen-bond acceptors (Lipinski definition) is 5. The van der Waals surface area contributed by atoms with Gasteiger partial charge < -0.3 is 24.1 Å². The van der Waals surface area contributed by atoms with Crippen molar-refractivity contribution in [3.05, 3.63) is 23.8 Å². The Morgan fingerprint density at radius 3 is 1.76 bits per heavy atom. The number of aliphatic hydroxyl groups excluding tert-OH is 1. The smallest absolute Gasteiger partial charge is 0.136 e. The van der Waals surface area contributed by atoms with Gasteiger partial charge in [0, 0.05) is 5.56 Å². The molecule has 0 radical (unpaired) electrons. The molecule has 0 aromatic heterocycles. The lowest BCUT2D eigenvalue weighted by Crippen LogP contribution is -2.01. The van der Waals surface area contributed by atoms with Gasteiger partial charge in [0.05, 0.1) is 45.3 Å². The van der Waals surface area contributed by atoms with Crippen LogP contribution in [0.5, 0.6) is 23.0 Å². The molecule has 0 aliphatic rings. The summed E-state index contributed by atoms with van der Waals surface area (Å²) in [5, 5.41) is 11.5. The van der Waals surface area contributed by atoms with Gasteiger partial charge in [-0.15, -0.1) is 0 Å². The number of aliphatic hydroxyl groups is 1. The summed E-state index contributed by atoms with van der Waals surface area (Å²) in [5.41, 5.74) is 0.633. The molecule has 1 N–H and O–H groups in total. The predicted molar refractivity (Wildman–Crippen MR) is 80.8 cm³/mol. The molecule has 0 amide bonds. The summed E-state index contributed by atoms with van der Waals surface area (Å²) in [6.07, 6.45) is -0.700. The van der Waals surface area contributed by atoms with E-state index < -0.39 is 6.10 Å². The summed E-state index contributed by atoms with van der Waals surface area (Å²) in [7, 11) is 6.32. The van der Waals surface area contributed by atoms with Crippen molar-refractivity contribution in [2.75, 3.05) is 28.4 Å². The summed E-state index contributed by atoms with van der Waals surface area (Å²) < 4.78 is 21.8. The van der Waals surface area contributed by atoms with Crippen molar-refractivity contribution in [1.82, 2.24) is 0 Å². The third kappa shape index (κ3) is 2.45. The Hall–Kier alpha value is -2.14. The molecule has 114 valence electrons. The van der Waals surface area contributed by atoms with Gasteiger partial charge in [0.25, 0.3) is 0 Å². The van der Waals surface area contributed by atoms with Crippen LogP contribution in [0.3, 0.4) is 0 Å². The van der Waals surface area contributed by atoms with Crippen molar-refractivity contribution in [2.24, 2.45) is 0 Å². The monoisotopic (exact) mass is 292 g/mol. The van der Waals surface area contributed by atoms with Crippen molar-refractivity contribution in [1.29, 1.82) is 0 Å². The summed E-state index contributed by atoms with van der Waals surface area (Å²) in [5.74, 6) is 2.43. The van der Waals surface area contributed by atoms with E-state index in [1.165, 1.54) is 0 Å². The van der Waals surface area contributed by atoms with Crippen LogP contribution in [0.15, 0.2) is 18.2 Å². The minimum atomic E-state index is -0.700. The largest absolute Gasteiger partial charge is 0.496 e. The van der Waals surface area contributed by atoms with Gasteiger partial charge in [-0.3, -0.25) is 0 Å². The van der Waals surface area contributed by atoms with Crippen LogP contribution in [0, 0.1) is 0 Å². The van der Waals surface area contributed by atoms with Gasteiger partial charge >= 0.3 is 0 Å². The summed E-state index contributed by atoms with van der Waals surface area (Å²) in [6.45, 7) is 1.68. The molecule has 2 aromatic rings. The van der Waals surface area contributed by atoms with E-state index >= 15 is 0 Å². The second-order valence-electron chi connectivity index (χ2n) is 4.60. The highest BCUT2D eigenvalue weighted by Crippen LogP contribution is 2.47. The van der Waals surface area contributed by atoms with Crippen LogP contribution in [-0.2, 0) is 0 Å². The molecular formula is C16H20O5. The topological polar surface area (TPSA) is 57.2 Å². The number of benzene rings is 2. The number of methoxy groups -OCH3 is 4. The molecule has 0 spiro atoms. The molecule has 5 nitrogen and oxygen atoms in total. The zero-order valence-corrected chi connectivity index (χ0v) is 12.9. The SMILES string of the molecule is COc1ccc(OC)c2c(OC)c(C(C)O)cc(OC)c12. The van der Waals surface area contributed by atoms with Gasteiger partial charge in [-0.05, 0) is 25.1 Å². The molecular weight excluding hydrogens is 272 g/mol. The Balaban J connectivity index is 3.01. The van der Waals surface area contributed by atoms with E-state index in [2.05, 4.69) is 0 Å². The third-order valence-corrected chi connectivity index (χ3v) is 3.47. The first kappa shape index (κ1) is 15.3. The Morgan fingerprint density at radius 2 is 1.33 bits per heavy atom. The van der Waals surface area contributed by atoms with E-state index in [-0.39, 0.29) is 0 Å². The molecule has 0 saturated heterocycles. The Morgan fingerprint density at radius 1 is 0.810 bits per heavy atom. The molecule has 1 atom stereocenters. The second kappa shape index (κ2) is 6.10. The number of ether oxygens (including phenoxy) is 4. The van der Waals surface area contributed by atoms with Crippen molar-refractivity contribution in [2.45, 2.75) is 13.0 Å². The minimum Gasteiger partial charge on any atom is -0.496 e. The van der Waals surface area contributed by atoms with Crippen molar-refractivity contribution in [3.8, 4) is 23.0 Å². The number of rotatable bonds is 5. The van der Waals surface area contributed by atoms with Crippen LogP contribution in [0.1, 0.15) is 18.6 Å². The summed E-state index contributed by atoms with van der Waals surface area (Å²) >= 11 is 0. The van der Waals surface area contributed by atoms with Crippen LogP contribution in [0.2, 0.25) is 0 Å². The lowest BCUT2D eigenvalue weighted by Gasteiger charge is -2.20. The molecule has 5 heteroatoms. The van der Waals surface area contributed by atoms with Crippen molar-refractivity contribution in [3.63, 3.8) is 0 Å². The van der Waals surface area contributed by atoms with Crippen molar-refractivity contribution < 1.29 is 24.1 Å². The van der Waals surface area contributed by atoms with Crippen LogP contribution in [0.25, 0.3) is 10.8 Å². The maximum absolute atomic E-state index is 10.00. The molecule has 0 fully saturated rings. The molecule has 0 heterocycles.